The quantitative estimate of drug-likeness (QED) is 0.336. The number of nitrogens with one attached hydrogen (secondary N) is 1. The van der Waals surface area contributed by atoms with Crippen molar-refractivity contribution in [3.8, 4) is 11.5 Å². The van der Waals surface area contributed by atoms with Crippen LogP contribution in [0, 0.1) is 0 Å². The van der Waals surface area contributed by atoms with Gasteiger partial charge in [0.25, 0.3) is 5.91 Å². The predicted octanol–water partition coefficient (Wildman–Crippen LogP) is 6.27. The number of carbonyl (C=O) groups is 2. The molecular weight excluding hydrogens is 450 g/mol. The zero-order valence-electron chi connectivity index (χ0n) is 19.6. The van der Waals surface area contributed by atoms with Crippen molar-refractivity contribution >= 4 is 35.1 Å². The molecule has 176 valence electrons. The van der Waals surface area contributed by atoms with E-state index >= 15 is 0 Å². The molecule has 5 rings (SSSR count). The molecule has 36 heavy (non-hydrogen) atoms. The largest absolute Gasteiger partial charge is 0.457 e. The lowest BCUT2D eigenvalue weighted by Crippen LogP contribution is -2.32. The van der Waals surface area contributed by atoms with Gasteiger partial charge in [0.1, 0.15) is 23.0 Å². The van der Waals surface area contributed by atoms with E-state index in [1.54, 1.807) is 35.2 Å². The minimum absolute atomic E-state index is 0.157. The Balaban J connectivity index is 1.49. The Labute approximate surface area is 209 Å². The van der Waals surface area contributed by atoms with Crippen molar-refractivity contribution in [2.45, 2.75) is 6.92 Å². The molecule has 1 aliphatic rings. The third-order valence-corrected chi connectivity index (χ3v) is 5.48. The summed E-state index contributed by atoms with van der Waals surface area (Å²) in [5.74, 6) is 1.54. The van der Waals surface area contributed by atoms with Gasteiger partial charge in [0.2, 0.25) is 5.91 Å². The van der Waals surface area contributed by atoms with E-state index in [0.717, 1.165) is 16.9 Å². The van der Waals surface area contributed by atoms with Crippen LogP contribution < -0.4 is 15.0 Å². The highest BCUT2D eigenvalue weighted by Gasteiger charge is 2.32. The van der Waals surface area contributed by atoms with Gasteiger partial charge >= 0.3 is 0 Å². The minimum atomic E-state index is -0.240. The molecule has 0 saturated heterocycles. The molecule has 0 aliphatic carbocycles. The number of anilines is 2. The van der Waals surface area contributed by atoms with Crippen LogP contribution in [0.2, 0.25) is 0 Å². The molecule has 1 heterocycles. The first-order valence-electron chi connectivity index (χ1n) is 11.5. The summed E-state index contributed by atoms with van der Waals surface area (Å²) in [4.78, 5) is 31.3. The fourth-order valence-corrected chi connectivity index (χ4v) is 3.88. The van der Waals surface area contributed by atoms with E-state index in [9.17, 15) is 9.59 Å². The summed E-state index contributed by atoms with van der Waals surface area (Å²) in [5.41, 5.74) is 3.24. The van der Waals surface area contributed by atoms with Crippen molar-refractivity contribution < 1.29 is 14.3 Å². The number of para-hydroxylation sites is 1. The highest BCUT2D eigenvalue weighted by Crippen LogP contribution is 2.30. The van der Waals surface area contributed by atoms with E-state index in [2.05, 4.69) is 5.32 Å². The SMILES string of the molecule is CC(=O)Nc1ccc(N2C(=O)/C(=C/c3cccc(Oc4ccccc4)c3)N=C2c2ccccc2)cc1. The molecule has 6 nitrogen and oxygen atoms in total. The fraction of sp³-hybridized carbons (Fsp3) is 0.0333. The van der Waals surface area contributed by atoms with E-state index < -0.39 is 0 Å². The van der Waals surface area contributed by atoms with Gasteiger partial charge in [0.05, 0.1) is 5.69 Å². The zero-order chi connectivity index (χ0) is 24.9. The summed E-state index contributed by atoms with van der Waals surface area (Å²) in [6.07, 6.45) is 1.76. The molecule has 0 aromatic heterocycles. The summed E-state index contributed by atoms with van der Waals surface area (Å²) >= 11 is 0. The number of hydrogen-bond acceptors (Lipinski definition) is 4. The zero-order valence-corrected chi connectivity index (χ0v) is 19.6. The highest BCUT2D eigenvalue weighted by atomic mass is 16.5. The van der Waals surface area contributed by atoms with Crippen LogP contribution in [0.15, 0.2) is 120 Å². The smallest absolute Gasteiger partial charge is 0.282 e. The van der Waals surface area contributed by atoms with Crippen LogP contribution in [0.4, 0.5) is 11.4 Å². The van der Waals surface area contributed by atoms with Crippen molar-refractivity contribution in [1.29, 1.82) is 0 Å². The molecule has 0 radical (unpaired) electrons. The molecule has 6 heteroatoms. The van der Waals surface area contributed by atoms with E-state index in [0.29, 0.717) is 28.7 Å². The van der Waals surface area contributed by atoms with Crippen LogP contribution in [0.25, 0.3) is 6.08 Å². The average molecular weight is 474 g/mol. The van der Waals surface area contributed by atoms with Gasteiger partial charge in [0.15, 0.2) is 0 Å². The number of carbonyl (C=O) groups excluding carboxylic acids is 2. The molecule has 0 atom stereocenters. The fourth-order valence-electron chi connectivity index (χ4n) is 3.88. The third kappa shape index (κ3) is 5.08. The van der Waals surface area contributed by atoms with E-state index in [4.69, 9.17) is 9.73 Å². The number of aliphatic imine (C=N–C) groups is 1. The van der Waals surface area contributed by atoms with Crippen molar-refractivity contribution in [3.63, 3.8) is 0 Å². The molecule has 1 N–H and O–H groups in total. The minimum Gasteiger partial charge on any atom is -0.457 e. The molecule has 0 unspecified atom stereocenters. The molecule has 1 aliphatic heterocycles. The van der Waals surface area contributed by atoms with Crippen molar-refractivity contribution in [3.05, 3.63) is 126 Å². The first kappa shape index (κ1) is 22.8. The molecule has 0 saturated carbocycles. The summed E-state index contributed by atoms with van der Waals surface area (Å²) in [6.45, 7) is 1.45. The standard InChI is InChI=1S/C30H23N3O3/c1-21(34)31-24-15-17-25(18-16-24)33-29(23-10-4-2-5-11-23)32-28(30(33)35)20-22-9-8-14-27(19-22)36-26-12-6-3-7-13-26/h2-20H,1H3,(H,31,34)/b28-20-. The van der Waals surface area contributed by atoms with Gasteiger partial charge in [-0.25, -0.2) is 4.99 Å². The maximum absolute atomic E-state index is 13.6. The summed E-state index contributed by atoms with van der Waals surface area (Å²) in [6, 6.07) is 33.7. The molecule has 4 aromatic carbocycles. The Kier molecular flexibility index (Phi) is 6.40. The van der Waals surface area contributed by atoms with E-state index in [1.807, 2.05) is 84.9 Å². The lowest BCUT2D eigenvalue weighted by Gasteiger charge is -2.19. The normalized spacial score (nSPS) is 14.0. The first-order chi connectivity index (χ1) is 17.6. The second-order valence-corrected chi connectivity index (χ2v) is 8.19. The van der Waals surface area contributed by atoms with Crippen molar-refractivity contribution in [2.75, 3.05) is 10.2 Å². The van der Waals surface area contributed by atoms with Gasteiger partial charge in [-0.2, -0.15) is 0 Å². The third-order valence-electron chi connectivity index (χ3n) is 5.48. The summed E-state index contributed by atoms with van der Waals surface area (Å²) in [7, 11) is 0. The van der Waals surface area contributed by atoms with Crippen molar-refractivity contribution in [1.82, 2.24) is 0 Å². The second-order valence-electron chi connectivity index (χ2n) is 8.19. The molecule has 0 spiro atoms. The maximum atomic E-state index is 13.6. The monoisotopic (exact) mass is 473 g/mol. The van der Waals surface area contributed by atoms with Gasteiger partial charge in [-0.3, -0.25) is 14.5 Å². The van der Waals surface area contributed by atoms with Crippen LogP contribution in [-0.2, 0) is 9.59 Å². The second kappa shape index (κ2) is 10.1. The van der Waals surface area contributed by atoms with Gasteiger partial charge < -0.3 is 10.1 Å². The lowest BCUT2D eigenvalue weighted by atomic mass is 10.1. The Hall–Kier alpha value is -4.97. The summed E-state index contributed by atoms with van der Waals surface area (Å²) in [5, 5.41) is 2.74. The van der Waals surface area contributed by atoms with Gasteiger partial charge in [-0.05, 0) is 60.2 Å². The van der Waals surface area contributed by atoms with Gasteiger partial charge in [0, 0.05) is 18.2 Å². The Morgan fingerprint density at radius 2 is 1.50 bits per heavy atom. The number of amides is 2. The van der Waals surface area contributed by atoms with Crippen LogP contribution in [0.3, 0.4) is 0 Å². The number of amidine groups is 1. The van der Waals surface area contributed by atoms with E-state index in [-0.39, 0.29) is 11.8 Å². The molecule has 4 aromatic rings. The average Bonchev–Trinajstić information content (AvgIpc) is 3.21. The number of rotatable bonds is 6. The van der Waals surface area contributed by atoms with Crippen molar-refractivity contribution in [2.24, 2.45) is 4.99 Å². The number of ether oxygens (including phenoxy) is 1. The van der Waals surface area contributed by atoms with Gasteiger partial charge in [-0.1, -0.05) is 60.7 Å². The molecule has 0 fully saturated rings. The van der Waals surface area contributed by atoms with Crippen LogP contribution >= 0.6 is 0 Å². The summed E-state index contributed by atoms with van der Waals surface area (Å²) < 4.78 is 5.94. The van der Waals surface area contributed by atoms with E-state index in [1.165, 1.54) is 6.92 Å². The first-order valence-corrected chi connectivity index (χ1v) is 11.5. The number of nitrogens with zero attached hydrogens (tertiary/aromatic N) is 2. The lowest BCUT2D eigenvalue weighted by molar-refractivity contribution is -0.114. The Morgan fingerprint density at radius 3 is 2.19 bits per heavy atom. The molecule has 0 bridgehead atoms. The topological polar surface area (TPSA) is 71.0 Å². The number of benzene rings is 4. The molecule has 2 amide bonds. The van der Waals surface area contributed by atoms with Gasteiger partial charge in [-0.15, -0.1) is 0 Å². The molecular formula is C30H23N3O3. The van der Waals surface area contributed by atoms with Crippen LogP contribution in [-0.4, -0.2) is 17.6 Å². The number of hydrogen-bond donors (Lipinski definition) is 1. The highest BCUT2D eigenvalue weighted by molar-refractivity contribution is 6.33. The Morgan fingerprint density at radius 1 is 0.833 bits per heavy atom. The van der Waals surface area contributed by atoms with Crippen LogP contribution in [0.5, 0.6) is 11.5 Å². The predicted molar refractivity (Wildman–Crippen MR) is 142 cm³/mol. The maximum Gasteiger partial charge on any atom is 0.282 e. The van der Waals surface area contributed by atoms with Crippen LogP contribution in [0.1, 0.15) is 18.1 Å². The Bertz CT molecular complexity index is 1460.